The van der Waals surface area contributed by atoms with Crippen LogP contribution in [-0.2, 0) is 38.7 Å². The van der Waals surface area contributed by atoms with Gasteiger partial charge in [-0.25, -0.2) is 38.7 Å². The third-order valence-electron chi connectivity index (χ3n) is 2.19. The van der Waals surface area contributed by atoms with E-state index in [1.54, 1.807) is 13.8 Å². The molecule has 0 atom stereocenters. The van der Waals surface area contributed by atoms with E-state index < -0.39 is 29.8 Å². The first-order valence-corrected chi connectivity index (χ1v) is 5.56. The van der Waals surface area contributed by atoms with Gasteiger partial charge in [0.2, 0.25) is 0 Å². The molecule has 0 aromatic carbocycles. The summed E-state index contributed by atoms with van der Waals surface area (Å²) in [5, 5.41) is 0. The van der Waals surface area contributed by atoms with Crippen molar-refractivity contribution in [3.05, 3.63) is 23.3 Å². The van der Waals surface area contributed by atoms with Crippen LogP contribution in [0.4, 0.5) is 0 Å². The number of carbonyl (C=O) groups excluding carboxylic acids is 4. The van der Waals surface area contributed by atoms with E-state index in [1.807, 2.05) is 0 Å². The third-order valence-corrected chi connectivity index (χ3v) is 2.19. The average molecular weight is 284 g/mol. The molecule has 0 saturated carbocycles. The van der Waals surface area contributed by atoms with E-state index in [0.717, 1.165) is 12.2 Å². The minimum Gasteiger partial charge on any atom is -0.242 e. The first-order chi connectivity index (χ1) is 9.31. The van der Waals surface area contributed by atoms with Gasteiger partial charge in [0.25, 0.3) is 0 Å². The van der Waals surface area contributed by atoms with Gasteiger partial charge in [-0.1, -0.05) is 13.8 Å². The fourth-order valence-corrected chi connectivity index (χ4v) is 1.14. The van der Waals surface area contributed by atoms with Crippen molar-refractivity contribution in [1.29, 1.82) is 0 Å². The van der Waals surface area contributed by atoms with Gasteiger partial charge in [-0.2, -0.15) is 0 Å². The van der Waals surface area contributed by atoms with Crippen molar-refractivity contribution in [2.45, 2.75) is 20.8 Å². The first-order valence-electron chi connectivity index (χ1n) is 5.56. The highest BCUT2D eigenvalue weighted by molar-refractivity contribution is 5.99. The molecule has 20 heavy (non-hydrogen) atoms. The predicted molar refractivity (Wildman–Crippen MR) is 61.0 cm³/mol. The van der Waals surface area contributed by atoms with E-state index in [9.17, 15) is 19.2 Å². The Morgan fingerprint density at radius 2 is 1.30 bits per heavy atom. The van der Waals surface area contributed by atoms with Crippen molar-refractivity contribution in [2.24, 2.45) is 5.92 Å². The molecule has 1 heterocycles. The van der Waals surface area contributed by atoms with Crippen molar-refractivity contribution in [2.75, 3.05) is 0 Å². The molecule has 0 amide bonds. The normalized spacial score (nSPS) is 23.0. The Hall–Kier alpha value is -2.64. The standard InChI is InChI=1S/C12H12O8/c1-6(2)8-5-10(14)18-19-11(15)7(3)4-9(13)17-20-12(8)16/h4-6H,1-3H3/b7-4-,8-5-. The van der Waals surface area contributed by atoms with Gasteiger partial charge >= 0.3 is 23.9 Å². The summed E-state index contributed by atoms with van der Waals surface area (Å²) in [5.74, 6) is -4.64. The van der Waals surface area contributed by atoms with E-state index in [1.165, 1.54) is 6.92 Å². The zero-order valence-electron chi connectivity index (χ0n) is 11.0. The number of carbonyl (C=O) groups is 4. The van der Waals surface area contributed by atoms with Crippen LogP contribution < -0.4 is 0 Å². The summed E-state index contributed by atoms with van der Waals surface area (Å²) < 4.78 is 0. The van der Waals surface area contributed by atoms with Crippen LogP contribution in [0.15, 0.2) is 23.3 Å². The Bertz CT molecular complexity index is 512. The molecule has 0 aliphatic carbocycles. The predicted octanol–water partition coefficient (Wildman–Crippen LogP) is 0.531. The van der Waals surface area contributed by atoms with E-state index in [2.05, 4.69) is 19.6 Å². The molecule has 0 aromatic heterocycles. The summed E-state index contributed by atoms with van der Waals surface area (Å²) in [5.41, 5.74) is -0.312. The van der Waals surface area contributed by atoms with E-state index >= 15 is 0 Å². The van der Waals surface area contributed by atoms with Crippen LogP contribution in [0.3, 0.4) is 0 Å². The van der Waals surface area contributed by atoms with Gasteiger partial charge in [-0.15, -0.1) is 0 Å². The van der Waals surface area contributed by atoms with E-state index in [-0.39, 0.29) is 11.1 Å². The zero-order chi connectivity index (χ0) is 15.3. The highest BCUT2D eigenvalue weighted by Gasteiger charge is 2.22. The maximum absolute atomic E-state index is 11.6. The molecule has 8 nitrogen and oxygen atoms in total. The minimum atomic E-state index is -1.08. The highest BCUT2D eigenvalue weighted by Crippen LogP contribution is 2.13. The van der Waals surface area contributed by atoms with Crippen LogP contribution in [0, 0.1) is 5.92 Å². The van der Waals surface area contributed by atoms with E-state index in [0.29, 0.717) is 0 Å². The molecule has 0 bridgehead atoms. The Labute approximate surface area is 113 Å². The summed E-state index contributed by atoms with van der Waals surface area (Å²) in [7, 11) is 0. The van der Waals surface area contributed by atoms with Gasteiger partial charge < -0.3 is 0 Å². The molecule has 1 aliphatic heterocycles. The largest absolute Gasteiger partial charge is 0.382 e. The van der Waals surface area contributed by atoms with Gasteiger partial charge in [-0.05, 0) is 12.8 Å². The molecule has 108 valence electrons. The lowest BCUT2D eigenvalue weighted by molar-refractivity contribution is -0.254. The summed E-state index contributed by atoms with van der Waals surface area (Å²) in [6.45, 7) is 4.43. The summed E-state index contributed by atoms with van der Waals surface area (Å²) in [6.07, 6.45) is 1.51. The molecule has 0 N–H and O–H groups in total. The minimum absolute atomic E-state index is 0.111. The first kappa shape index (κ1) is 15.4. The Balaban J connectivity index is 3.04. The van der Waals surface area contributed by atoms with Gasteiger partial charge in [0.15, 0.2) is 0 Å². The monoisotopic (exact) mass is 284 g/mol. The van der Waals surface area contributed by atoms with Crippen molar-refractivity contribution in [1.82, 2.24) is 0 Å². The highest BCUT2D eigenvalue weighted by atomic mass is 17.2. The van der Waals surface area contributed by atoms with Crippen molar-refractivity contribution in [3.63, 3.8) is 0 Å². The molecule has 0 aromatic rings. The lowest BCUT2D eigenvalue weighted by atomic mass is 10.0. The van der Waals surface area contributed by atoms with Crippen LogP contribution in [0.2, 0.25) is 0 Å². The second-order valence-electron chi connectivity index (χ2n) is 4.13. The molecule has 1 rings (SSSR count). The summed E-state index contributed by atoms with van der Waals surface area (Å²) >= 11 is 0. The van der Waals surface area contributed by atoms with Gasteiger partial charge in [0.1, 0.15) is 0 Å². The Morgan fingerprint density at radius 1 is 0.800 bits per heavy atom. The molecule has 8 heteroatoms. The van der Waals surface area contributed by atoms with Crippen molar-refractivity contribution in [3.8, 4) is 0 Å². The topological polar surface area (TPSA) is 105 Å². The van der Waals surface area contributed by atoms with Crippen molar-refractivity contribution < 1.29 is 38.7 Å². The lowest BCUT2D eigenvalue weighted by Crippen LogP contribution is -2.19. The van der Waals surface area contributed by atoms with Gasteiger partial charge in [-0.3, -0.25) is 0 Å². The van der Waals surface area contributed by atoms with Crippen molar-refractivity contribution >= 4 is 23.9 Å². The zero-order valence-corrected chi connectivity index (χ0v) is 11.0. The average Bonchev–Trinajstić information content (AvgIpc) is 2.37. The molecule has 0 unspecified atom stereocenters. The second-order valence-corrected chi connectivity index (χ2v) is 4.13. The molecular weight excluding hydrogens is 272 g/mol. The fraction of sp³-hybridized carbons (Fsp3) is 0.333. The summed E-state index contributed by atoms with van der Waals surface area (Å²) in [4.78, 5) is 62.4. The maximum atomic E-state index is 11.6. The van der Waals surface area contributed by atoms with Gasteiger partial charge in [0.05, 0.1) is 5.57 Å². The van der Waals surface area contributed by atoms with Crippen LogP contribution in [-0.4, -0.2) is 23.9 Å². The molecule has 1 aliphatic rings. The SMILES string of the molecule is C/C1=C/C(=O)OOC(=O)/C(C(C)C)=C\C(=O)OOC1=O. The Kier molecular flexibility index (Phi) is 5.01. The van der Waals surface area contributed by atoms with Gasteiger partial charge in [0, 0.05) is 17.7 Å². The third kappa shape index (κ3) is 4.23. The second kappa shape index (κ2) is 6.50. The van der Waals surface area contributed by atoms with Crippen LogP contribution in [0.1, 0.15) is 20.8 Å². The Morgan fingerprint density at radius 3 is 1.85 bits per heavy atom. The van der Waals surface area contributed by atoms with Crippen LogP contribution in [0.5, 0.6) is 0 Å². The number of hydrogen-bond acceptors (Lipinski definition) is 8. The molecular formula is C12H12O8. The molecule has 0 fully saturated rings. The molecule has 0 saturated heterocycles. The number of rotatable bonds is 1. The van der Waals surface area contributed by atoms with Crippen LogP contribution >= 0.6 is 0 Å². The molecule has 0 spiro atoms. The van der Waals surface area contributed by atoms with Crippen LogP contribution in [0.25, 0.3) is 0 Å². The lowest BCUT2D eigenvalue weighted by Gasteiger charge is -2.09. The van der Waals surface area contributed by atoms with E-state index in [4.69, 9.17) is 0 Å². The fourth-order valence-electron chi connectivity index (χ4n) is 1.14. The quantitative estimate of drug-likeness (QED) is 0.642. The smallest absolute Gasteiger partial charge is 0.242 e. The summed E-state index contributed by atoms with van der Waals surface area (Å²) in [6, 6.07) is 0. The number of hydrogen-bond donors (Lipinski definition) is 0. The maximum Gasteiger partial charge on any atom is 0.382 e. The molecule has 0 radical (unpaired) electrons.